The molecule has 4 nitrogen and oxygen atoms in total. The number of methoxy groups -OCH3 is 1. The fourth-order valence-corrected chi connectivity index (χ4v) is 0.333. The number of aliphatic hydroxyl groups excluding tert-OH is 1. The molecule has 0 saturated carbocycles. The van der Waals surface area contributed by atoms with Gasteiger partial charge in [-0.05, 0) is 6.92 Å². The SMILES string of the molecule is COC(=O)[C@H](N)[C@H](C)O. The largest absolute Gasteiger partial charge is 0.468 e. The van der Waals surface area contributed by atoms with E-state index in [-0.39, 0.29) is 0 Å². The van der Waals surface area contributed by atoms with Gasteiger partial charge in [-0.15, -0.1) is 0 Å². The second-order valence-corrected chi connectivity index (χ2v) is 1.79. The molecule has 0 fully saturated rings. The number of ether oxygens (including phenoxy) is 1. The highest BCUT2D eigenvalue weighted by atomic mass is 16.5. The maximum absolute atomic E-state index is 10.4. The molecule has 0 rings (SSSR count). The Morgan fingerprint density at radius 3 is 2.33 bits per heavy atom. The maximum atomic E-state index is 10.4. The molecule has 2 atom stereocenters. The first-order valence-electron chi connectivity index (χ1n) is 2.61. The van der Waals surface area contributed by atoms with Gasteiger partial charge in [0.25, 0.3) is 0 Å². The van der Waals surface area contributed by atoms with Crippen LogP contribution in [0.4, 0.5) is 0 Å². The molecule has 0 radical (unpaired) electrons. The zero-order chi connectivity index (χ0) is 7.44. The molecule has 0 saturated heterocycles. The highest BCUT2D eigenvalue weighted by Crippen LogP contribution is 1.89. The van der Waals surface area contributed by atoms with Crippen LogP contribution in [0.5, 0.6) is 0 Å². The van der Waals surface area contributed by atoms with E-state index in [1.807, 2.05) is 0 Å². The summed E-state index contributed by atoms with van der Waals surface area (Å²) in [6, 6.07) is -0.921. The Kier molecular flexibility index (Phi) is 3.19. The van der Waals surface area contributed by atoms with Crippen LogP contribution < -0.4 is 5.73 Å². The van der Waals surface area contributed by atoms with Crippen LogP contribution in [-0.2, 0) is 9.53 Å². The van der Waals surface area contributed by atoms with Crippen LogP contribution in [0.25, 0.3) is 0 Å². The molecule has 0 aromatic heterocycles. The van der Waals surface area contributed by atoms with Gasteiger partial charge in [-0.2, -0.15) is 0 Å². The smallest absolute Gasteiger partial charge is 0.325 e. The molecule has 0 aliphatic heterocycles. The van der Waals surface area contributed by atoms with E-state index in [0.29, 0.717) is 0 Å². The Morgan fingerprint density at radius 2 is 2.22 bits per heavy atom. The molecule has 0 bridgehead atoms. The minimum Gasteiger partial charge on any atom is -0.468 e. The third-order valence-electron chi connectivity index (χ3n) is 0.993. The van der Waals surface area contributed by atoms with E-state index in [1.165, 1.54) is 14.0 Å². The topological polar surface area (TPSA) is 72.5 Å². The van der Waals surface area contributed by atoms with E-state index in [0.717, 1.165) is 0 Å². The lowest BCUT2D eigenvalue weighted by Gasteiger charge is -2.10. The molecule has 0 aromatic rings. The Hall–Kier alpha value is -0.610. The summed E-state index contributed by atoms with van der Waals surface area (Å²) in [5.41, 5.74) is 5.15. The predicted octanol–water partition coefficient (Wildman–Crippen LogP) is -1.13. The van der Waals surface area contributed by atoms with Crippen molar-refractivity contribution in [2.24, 2.45) is 5.73 Å². The van der Waals surface area contributed by atoms with E-state index in [9.17, 15) is 4.79 Å². The first kappa shape index (κ1) is 8.39. The number of carbonyl (C=O) groups excluding carboxylic acids is 1. The highest BCUT2D eigenvalue weighted by molar-refractivity contribution is 5.75. The van der Waals surface area contributed by atoms with Gasteiger partial charge in [-0.3, -0.25) is 4.79 Å². The van der Waals surface area contributed by atoms with Gasteiger partial charge in [0.2, 0.25) is 0 Å². The van der Waals surface area contributed by atoms with E-state index >= 15 is 0 Å². The van der Waals surface area contributed by atoms with Gasteiger partial charge in [0.1, 0.15) is 6.04 Å². The number of rotatable bonds is 2. The molecule has 0 unspecified atom stereocenters. The van der Waals surface area contributed by atoms with Crippen LogP contribution in [0.3, 0.4) is 0 Å². The zero-order valence-electron chi connectivity index (χ0n) is 5.50. The van der Waals surface area contributed by atoms with E-state index < -0.39 is 18.1 Å². The summed E-state index contributed by atoms with van der Waals surface area (Å²) in [5.74, 6) is -0.593. The lowest BCUT2D eigenvalue weighted by molar-refractivity contribution is -0.144. The van der Waals surface area contributed by atoms with Crippen molar-refractivity contribution in [3.8, 4) is 0 Å². The summed E-state index contributed by atoms with van der Waals surface area (Å²) >= 11 is 0. The van der Waals surface area contributed by atoms with E-state index in [2.05, 4.69) is 4.74 Å². The first-order chi connectivity index (χ1) is 4.09. The van der Waals surface area contributed by atoms with Crippen molar-refractivity contribution >= 4 is 5.97 Å². The molecular weight excluding hydrogens is 122 g/mol. The van der Waals surface area contributed by atoms with Crippen molar-refractivity contribution in [2.75, 3.05) is 7.11 Å². The summed E-state index contributed by atoms with van der Waals surface area (Å²) in [5, 5.41) is 8.70. The predicted molar refractivity (Wildman–Crippen MR) is 31.7 cm³/mol. The van der Waals surface area contributed by atoms with Gasteiger partial charge in [-0.1, -0.05) is 0 Å². The summed E-state index contributed by atoms with van der Waals surface area (Å²) in [7, 11) is 1.23. The Labute approximate surface area is 53.6 Å². The molecule has 0 amide bonds. The van der Waals surface area contributed by atoms with Gasteiger partial charge in [0, 0.05) is 0 Å². The van der Waals surface area contributed by atoms with E-state index in [4.69, 9.17) is 10.8 Å². The minimum atomic E-state index is -0.921. The van der Waals surface area contributed by atoms with Gasteiger partial charge in [-0.25, -0.2) is 0 Å². The molecule has 0 aliphatic rings. The second-order valence-electron chi connectivity index (χ2n) is 1.79. The van der Waals surface area contributed by atoms with Crippen molar-refractivity contribution in [1.82, 2.24) is 0 Å². The Balaban J connectivity index is 3.72. The molecule has 54 valence electrons. The number of nitrogens with two attached hydrogens (primary N) is 1. The molecular formula is C5H11NO3. The van der Waals surface area contributed by atoms with Gasteiger partial charge in [0.05, 0.1) is 13.2 Å². The van der Waals surface area contributed by atoms with Crippen molar-refractivity contribution in [3.05, 3.63) is 0 Å². The minimum absolute atomic E-state index is 0.593. The number of aliphatic hydroxyl groups is 1. The van der Waals surface area contributed by atoms with Crippen LogP contribution in [-0.4, -0.2) is 30.3 Å². The van der Waals surface area contributed by atoms with Crippen LogP contribution in [0.15, 0.2) is 0 Å². The summed E-state index contributed by atoms with van der Waals surface area (Å²) in [6.07, 6.45) is -0.850. The van der Waals surface area contributed by atoms with Crippen molar-refractivity contribution < 1.29 is 14.6 Å². The third kappa shape index (κ3) is 2.43. The Bertz CT molecular complexity index is 102. The maximum Gasteiger partial charge on any atom is 0.325 e. The molecule has 3 N–H and O–H groups in total. The average molecular weight is 133 g/mol. The fourth-order valence-electron chi connectivity index (χ4n) is 0.333. The lowest BCUT2D eigenvalue weighted by Crippen LogP contribution is -2.40. The molecule has 0 aliphatic carbocycles. The monoisotopic (exact) mass is 133 g/mol. The van der Waals surface area contributed by atoms with E-state index in [1.54, 1.807) is 0 Å². The van der Waals surface area contributed by atoms with Gasteiger partial charge < -0.3 is 15.6 Å². The normalized spacial score (nSPS) is 16.4. The average Bonchev–Trinajstić information content (AvgIpc) is 1.84. The second kappa shape index (κ2) is 3.42. The quantitative estimate of drug-likeness (QED) is 0.467. The van der Waals surface area contributed by atoms with Gasteiger partial charge >= 0.3 is 5.97 Å². The van der Waals surface area contributed by atoms with Crippen molar-refractivity contribution in [2.45, 2.75) is 19.1 Å². The van der Waals surface area contributed by atoms with Crippen molar-refractivity contribution in [1.29, 1.82) is 0 Å². The molecule has 0 spiro atoms. The number of hydrogen-bond acceptors (Lipinski definition) is 4. The molecule has 4 heteroatoms. The van der Waals surface area contributed by atoms with Crippen molar-refractivity contribution in [3.63, 3.8) is 0 Å². The third-order valence-corrected chi connectivity index (χ3v) is 0.993. The first-order valence-corrected chi connectivity index (χ1v) is 2.61. The molecule has 0 heterocycles. The standard InChI is InChI=1S/C5H11NO3/c1-3(7)4(6)5(8)9-2/h3-4,7H,6H2,1-2H3/t3-,4+/m0/s1. The number of hydrogen-bond donors (Lipinski definition) is 2. The fraction of sp³-hybridized carbons (Fsp3) is 0.800. The number of esters is 1. The van der Waals surface area contributed by atoms with Crippen LogP contribution in [0.2, 0.25) is 0 Å². The number of carbonyl (C=O) groups is 1. The van der Waals surface area contributed by atoms with Crippen LogP contribution in [0.1, 0.15) is 6.92 Å². The molecule has 0 aromatic carbocycles. The van der Waals surface area contributed by atoms with Gasteiger partial charge in [0.15, 0.2) is 0 Å². The van der Waals surface area contributed by atoms with Crippen LogP contribution in [0, 0.1) is 0 Å². The summed E-state index contributed by atoms with van der Waals surface area (Å²) in [4.78, 5) is 10.4. The zero-order valence-corrected chi connectivity index (χ0v) is 5.50. The lowest BCUT2D eigenvalue weighted by atomic mass is 10.2. The summed E-state index contributed by atoms with van der Waals surface area (Å²) < 4.78 is 4.25. The summed E-state index contributed by atoms with van der Waals surface area (Å²) in [6.45, 7) is 1.43. The Morgan fingerprint density at radius 1 is 1.78 bits per heavy atom. The van der Waals surface area contributed by atoms with Crippen LogP contribution >= 0.6 is 0 Å². The molecule has 9 heavy (non-hydrogen) atoms. The highest BCUT2D eigenvalue weighted by Gasteiger charge is 2.18.